The lowest BCUT2D eigenvalue weighted by molar-refractivity contribution is 0.340. The van der Waals surface area contributed by atoms with Crippen LogP contribution in [-0.4, -0.2) is 22.3 Å². The Labute approximate surface area is 113 Å². The van der Waals surface area contributed by atoms with E-state index in [9.17, 15) is 0 Å². The Morgan fingerprint density at radius 1 is 1.24 bits per heavy atom. The number of nitrogens with one attached hydrogen (secondary N) is 1. The summed E-state index contributed by atoms with van der Waals surface area (Å²) in [5.41, 5.74) is 6.79. The van der Waals surface area contributed by atoms with E-state index in [0.717, 1.165) is 37.9 Å². The van der Waals surface area contributed by atoms with Gasteiger partial charge in [0.05, 0.1) is 5.69 Å². The molecule has 1 aliphatic rings. The molecule has 3 N–H and O–H groups in total. The van der Waals surface area contributed by atoms with Gasteiger partial charge in [0.25, 0.3) is 0 Å². The van der Waals surface area contributed by atoms with Gasteiger partial charge in [-0.15, -0.1) is 17.5 Å². The lowest BCUT2D eigenvalue weighted by atomic mass is 9.92. The van der Waals surface area contributed by atoms with E-state index in [-0.39, 0.29) is 12.4 Å². The van der Waals surface area contributed by atoms with Crippen molar-refractivity contribution in [1.29, 1.82) is 0 Å². The minimum Gasteiger partial charge on any atom is -0.328 e. The van der Waals surface area contributed by atoms with Crippen LogP contribution >= 0.6 is 24.0 Å². The summed E-state index contributed by atoms with van der Waals surface area (Å²) in [6, 6.07) is 4.63. The smallest absolute Gasteiger partial charge is 0.151 e. The summed E-state index contributed by atoms with van der Waals surface area (Å²) in [6.07, 6.45) is 4.54. The maximum atomic E-state index is 5.86. The summed E-state index contributed by atoms with van der Waals surface area (Å²) < 4.78 is 0. The Kier molecular flexibility index (Phi) is 6.12. The van der Waals surface area contributed by atoms with Gasteiger partial charge in [-0.1, -0.05) is 11.6 Å². The summed E-state index contributed by atoms with van der Waals surface area (Å²) in [7, 11) is 0. The third kappa shape index (κ3) is 4.76. The first kappa shape index (κ1) is 14.6. The number of nitrogens with two attached hydrogens (primary N) is 1. The molecule has 1 heterocycles. The molecule has 0 radical (unpaired) electrons. The van der Waals surface area contributed by atoms with Crippen molar-refractivity contribution < 1.29 is 0 Å². The van der Waals surface area contributed by atoms with Gasteiger partial charge in [0.1, 0.15) is 0 Å². The molecule has 96 valence electrons. The van der Waals surface area contributed by atoms with Crippen LogP contribution in [0.25, 0.3) is 0 Å². The predicted molar refractivity (Wildman–Crippen MR) is 71.4 cm³/mol. The highest BCUT2D eigenvalue weighted by molar-refractivity contribution is 6.29. The molecule has 1 fully saturated rings. The van der Waals surface area contributed by atoms with Gasteiger partial charge in [0.2, 0.25) is 0 Å². The van der Waals surface area contributed by atoms with Gasteiger partial charge >= 0.3 is 0 Å². The molecule has 6 heteroatoms. The zero-order valence-corrected chi connectivity index (χ0v) is 11.2. The van der Waals surface area contributed by atoms with Crippen LogP contribution < -0.4 is 11.1 Å². The zero-order chi connectivity index (χ0) is 11.4. The van der Waals surface area contributed by atoms with Gasteiger partial charge < -0.3 is 11.1 Å². The largest absolute Gasteiger partial charge is 0.328 e. The molecule has 2 rings (SSSR count). The van der Waals surface area contributed by atoms with Crippen molar-refractivity contribution in [3.63, 3.8) is 0 Å². The van der Waals surface area contributed by atoms with Gasteiger partial charge in [-0.2, -0.15) is 5.10 Å². The molecule has 0 aromatic carbocycles. The summed E-state index contributed by atoms with van der Waals surface area (Å²) >= 11 is 5.67. The molecule has 1 aromatic heterocycles. The Hall–Kier alpha value is -0.420. The molecule has 0 aliphatic heterocycles. The lowest BCUT2D eigenvalue weighted by Gasteiger charge is -2.26. The van der Waals surface area contributed by atoms with Crippen molar-refractivity contribution in [2.24, 2.45) is 5.73 Å². The monoisotopic (exact) mass is 276 g/mol. The Morgan fingerprint density at radius 2 is 1.94 bits per heavy atom. The van der Waals surface area contributed by atoms with E-state index < -0.39 is 0 Å². The van der Waals surface area contributed by atoms with E-state index in [4.69, 9.17) is 17.3 Å². The van der Waals surface area contributed by atoms with E-state index in [1.807, 2.05) is 6.07 Å². The van der Waals surface area contributed by atoms with Crippen LogP contribution in [0.2, 0.25) is 5.15 Å². The molecular weight excluding hydrogens is 259 g/mol. The second-order valence-corrected chi connectivity index (χ2v) is 4.73. The predicted octanol–water partition coefficient (Wildman–Crippen LogP) is 1.91. The fourth-order valence-electron chi connectivity index (χ4n) is 2.01. The summed E-state index contributed by atoms with van der Waals surface area (Å²) in [4.78, 5) is 0. The Morgan fingerprint density at radius 3 is 2.53 bits per heavy atom. The van der Waals surface area contributed by atoms with Crippen LogP contribution in [0.3, 0.4) is 0 Å². The number of hydrogen-bond donors (Lipinski definition) is 2. The first-order valence-corrected chi connectivity index (χ1v) is 6.09. The van der Waals surface area contributed by atoms with Gasteiger partial charge in [-0.3, -0.25) is 0 Å². The van der Waals surface area contributed by atoms with Gasteiger partial charge in [0, 0.05) is 18.6 Å². The van der Waals surface area contributed by atoms with E-state index in [1.54, 1.807) is 6.07 Å². The van der Waals surface area contributed by atoms with Crippen molar-refractivity contribution in [3.8, 4) is 0 Å². The molecule has 0 spiro atoms. The minimum atomic E-state index is 0. The molecule has 17 heavy (non-hydrogen) atoms. The van der Waals surface area contributed by atoms with Crippen LogP contribution in [0, 0.1) is 0 Å². The molecule has 1 aliphatic carbocycles. The van der Waals surface area contributed by atoms with Crippen LogP contribution in [-0.2, 0) is 6.54 Å². The number of hydrogen-bond acceptors (Lipinski definition) is 4. The highest BCUT2D eigenvalue weighted by atomic mass is 35.5. The van der Waals surface area contributed by atoms with E-state index in [1.165, 1.54) is 0 Å². The average Bonchev–Trinajstić information content (AvgIpc) is 2.30. The van der Waals surface area contributed by atoms with Crippen LogP contribution in [0.15, 0.2) is 12.1 Å². The van der Waals surface area contributed by atoms with Crippen molar-refractivity contribution >= 4 is 24.0 Å². The lowest BCUT2D eigenvalue weighted by Crippen LogP contribution is -2.37. The SMILES string of the molecule is Cl.NC1CCC(NCc2ccc(Cl)nn2)CC1. The van der Waals surface area contributed by atoms with Crippen molar-refractivity contribution in [2.75, 3.05) is 0 Å². The third-order valence-corrected chi connectivity index (χ3v) is 3.23. The molecular formula is C11H18Cl2N4. The third-order valence-electron chi connectivity index (χ3n) is 3.03. The summed E-state index contributed by atoms with van der Waals surface area (Å²) in [6.45, 7) is 0.754. The Bertz CT molecular complexity index is 323. The second kappa shape index (κ2) is 7.11. The number of aromatic nitrogens is 2. The first-order chi connectivity index (χ1) is 7.74. The summed E-state index contributed by atoms with van der Waals surface area (Å²) in [5.74, 6) is 0. The van der Waals surface area contributed by atoms with Crippen LogP contribution in [0.5, 0.6) is 0 Å². The van der Waals surface area contributed by atoms with Gasteiger partial charge in [-0.25, -0.2) is 0 Å². The number of halogens is 2. The molecule has 0 atom stereocenters. The van der Waals surface area contributed by atoms with Gasteiger partial charge in [-0.05, 0) is 37.8 Å². The van der Waals surface area contributed by atoms with Crippen LogP contribution in [0.1, 0.15) is 31.4 Å². The highest BCUT2D eigenvalue weighted by Crippen LogP contribution is 2.17. The standard InChI is InChI=1S/C11H17ClN4.ClH/c12-11-6-5-10(15-16-11)7-14-9-3-1-8(13)2-4-9;/h5-6,8-9,14H,1-4,7,13H2;1H. The number of nitrogens with zero attached hydrogens (tertiary/aromatic N) is 2. The van der Waals surface area contributed by atoms with E-state index in [2.05, 4.69) is 15.5 Å². The van der Waals surface area contributed by atoms with Crippen molar-refractivity contribution in [2.45, 2.75) is 44.3 Å². The quantitative estimate of drug-likeness (QED) is 0.886. The molecule has 0 amide bonds. The Balaban J connectivity index is 0.00000144. The van der Waals surface area contributed by atoms with Crippen LogP contribution in [0.4, 0.5) is 0 Å². The maximum Gasteiger partial charge on any atom is 0.151 e. The molecule has 1 aromatic rings. The molecule has 0 saturated heterocycles. The fourth-order valence-corrected chi connectivity index (χ4v) is 2.11. The number of rotatable bonds is 3. The molecule has 0 bridgehead atoms. The average molecular weight is 277 g/mol. The van der Waals surface area contributed by atoms with Crippen molar-refractivity contribution in [3.05, 3.63) is 23.0 Å². The minimum absolute atomic E-state index is 0. The zero-order valence-electron chi connectivity index (χ0n) is 9.60. The van der Waals surface area contributed by atoms with Crippen molar-refractivity contribution in [1.82, 2.24) is 15.5 Å². The normalized spacial score (nSPS) is 24.1. The molecule has 0 unspecified atom stereocenters. The topological polar surface area (TPSA) is 63.8 Å². The second-order valence-electron chi connectivity index (χ2n) is 4.34. The molecule has 4 nitrogen and oxygen atoms in total. The van der Waals surface area contributed by atoms with E-state index >= 15 is 0 Å². The molecule has 1 saturated carbocycles. The maximum absolute atomic E-state index is 5.86. The fraction of sp³-hybridized carbons (Fsp3) is 0.636. The highest BCUT2D eigenvalue weighted by Gasteiger charge is 2.17. The van der Waals surface area contributed by atoms with E-state index in [0.29, 0.717) is 17.2 Å². The first-order valence-electron chi connectivity index (χ1n) is 5.71. The van der Waals surface area contributed by atoms with Gasteiger partial charge in [0.15, 0.2) is 5.15 Å². The summed E-state index contributed by atoms with van der Waals surface area (Å²) in [5, 5.41) is 11.7.